The summed E-state index contributed by atoms with van der Waals surface area (Å²) in [4.78, 5) is 28.1. The normalized spacial score (nSPS) is 13.1. The molecule has 0 spiro atoms. The van der Waals surface area contributed by atoms with Crippen LogP contribution in [0.4, 0.5) is 5.69 Å². The quantitative estimate of drug-likeness (QED) is 0.411. The number of hydrogen-bond donors (Lipinski definition) is 1. The summed E-state index contributed by atoms with van der Waals surface area (Å²) in [6.45, 7) is 4.94. The van der Waals surface area contributed by atoms with Gasteiger partial charge in [-0.05, 0) is 44.0 Å². The van der Waals surface area contributed by atoms with Gasteiger partial charge in [-0.25, -0.2) is 8.42 Å². The first kappa shape index (κ1) is 29.2. The SMILES string of the molecule is CC[C@@H](C)NC(=O)[C@H](CC)N(Cc1c(Cl)cccc1Cl)C(=O)CN(c1ccccc1Cl)S(C)(=O)=O. The minimum Gasteiger partial charge on any atom is -0.352 e. The highest BCUT2D eigenvalue weighted by Gasteiger charge is 2.33. The molecule has 2 rings (SSSR count). The van der Waals surface area contributed by atoms with Gasteiger partial charge in [0.05, 0.1) is 17.0 Å². The van der Waals surface area contributed by atoms with E-state index in [4.69, 9.17) is 34.8 Å². The van der Waals surface area contributed by atoms with Gasteiger partial charge in [0.15, 0.2) is 0 Å². The van der Waals surface area contributed by atoms with Crippen LogP contribution in [0.1, 0.15) is 39.2 Å². The molecule has 0 saturated carbocycles. The Bertz CT molecular complexity index is 1140. The molecule has 0 saturated heterocycles. The van der Waals surface area contributed by atoms with Gasteiger partial charge in [-0.3, -0.25) is 13.9 Å². The highest BCUT2D eigenvalue weighted by molar-refractivity contribution is 7.92. The molecule has 0 fully saturated rings. The lowest BCUT2D eigenvalue weighted by Gasteiger charge is -2.34. The number of benzene rings is 2. The first-order valence-electron chi connectivity index (χ1n) is 11.2. The van der Waals surface area contributed by atoms with Crippen molar-refractivity contribution < 1.29 is 18.0 Å². The molecule has 2 atom stereocenters. The fourth-order valence-electron chi connectivity index (χ4n) is 3.46. The van der Waals surface area contributed by atoms with Crippen LogP contribution < -0.4 is 9.62 Å². The van der Waals surface area contributed by atoms with Crippen molar-refractivity contribution in [3.05, 3.63) is 63.1 Å². The monoisotopic (exact) mass is 561 g/mol. The van der Waals surface area contributed by atoms with Crippen molar-refractivity contribution in [3.8, 4) is 0 Å². The van der Waals surface area contributed by atoms with Crippen molar-refractivity contribution in [1.29, 1.82) is 0 Å². The molecule has 7 nitrogen and oxygen atoms in total. The van der Waals surface area contributed by atoms with E-state index in [2.05, 4.69) is 5.32 Å². The molecule has 0 unspecified atom stereocenters. The second-order valence-corrected chi connectivity index (χ2v) is 11.3. The molecule has 35 heavy (non-hydrogen) atoms. The average Bonchev–Trinajstić information content (AvgIpc) is 2.78. The fourth-order valence-corrected chi connectivity index (χ4v) is 5.13. The van der Waals surface area contributed by atoms with Crippen molar-refractivity contribution in [2.75, 3.05) is 17.1 Å². The standard InChI is InChI=1S/C24H30Cl3N3O4S/c1-5-16(3)28-24(32)21(6-2)29(14-17-18(25)11-9-12-19(17)26)23(31)15-30(35(4,33)34)22-13-8-7-10-20(22)27/h7-13,16,21H,5-6,14-15H2,1-4H3,(H,28,32)/t16-,21+/m1/s1. The summed E-state index contributed by atoms with van der Waals surface area (Å²) < 4.78 is 26.2. The Hall–Kier alpha value is -2.00. The van der Waals surface area contributed by atoms with Crippen LogP contribution in [-0.4, -0.2) is 50.0 Å². The Balaban J connectivity index is 2.52. The predicted molar refractivity (Wildman–Crippen MR) is 143 cm³/mol. The molecular formula is C24H30Cl3N3O4S. The molecule has 2 aromatic carbocycles. The van der Waals surface area contributed by atoms with Gasteiger partial charge in [-0.2, -0.15) is 0 Å². The van der Waals surface area contributed by atoms with Gasteiger partial charge in [0.2, 0.25) is 21.8 Å². The maximum absolute atomic E-state index is 13.7. The second-order valence-electron chi connectivity index (χ2n) is 8.18. The van der Waals surface area contributed by atoms with Crippen LogP contribution in [0.15, 0.2) is 42.5 Å². The summed E-state index contributed by atoms with van der Waals surface area (Å²) in [7, 11) is -3.89. The van der Waals surface area contributed by atoms with E-state index in [9.17, 15) is 18.0 Å². The predicted octanol–water partition coefficient (Wildman–Crippen LogP) is 5.13. The van der Waals surface area contributed by atoms with E-state index < -0.39 is 28.5 Å². The zero-order chi connectivity index (χ0) is 26.3. The van der Waals surface area contributed by atoms with Crippen LogP contribution in [0.25, 0.3) is 0 Å². The van der Waals surface area contributed by atoms with Gasteiger partial charge in [0, 0.05) is 28.2 Å². The van der Waals surface area contributed by atoms with E-state index in [1.54, 1.807) is 37.3 Å². The molecule has 0 heterocycles. The number of nitrogens with zero attached hydrogens (tertiary/aromatic N) is 2. The largest absolute Gasteiger partial charge is 0.352 e. The molecule has 0 aliphatic rings. The van der Waals surface area contributed by atoms with Crippen LogP contribution in [0.2, 0.25) is 15.1 Å². The lowest BCUT2D eigenvalue weighted by atomic mass is 10.1. The Labute approximate surface area is 222 Å². The van der Waals surface area contributed by atoms with Crippen LogP contribution in [0.5, 0.6) is 0 Å². The Kier molecular flexibility index (Phi) is 10.7. The number of rotatable bonds is 11. The van der Waals surface area contributed by atoms with Crippen molar-refractivity contribution in [2.45, 2.75) is 52.2 Å². The molecule has 192 valence electrons. The molecule has 0 aromatic heterocycles. The lowest BCUT2D eigenvalue weighted by Crippen LogP contribution is -2.53. The average molecular weight is 563 g/mol. The van der Waals surface area contributed by atoms with Gasteiger partial charge in [-0.1, -0.05) is 66.8 Å². The van der Waals surface area contributed by atoms with Gasteiger partial charge < -0.3 is 10.2 Å². The highest BCUT2D eigenvalue weighted by Crippen LogP contribution is 2.29. The number of para-hydroxylation sites is 1. The maximum Gasteiger partial charge on any atom is 0.244 e. The van der Waals surface area contributed by atoms with Crippen molar-refractivity contribution in [2.24, 2.45) is 0 Å². The highest BCUT2D eigenvalue weighted by atomic mass is 35.5. The van der Waals surface area contributed by atoms with E-state index in [1.165, 1.54) is 17.0 Å². The first-order valence-corrected chi connectivity index (χ1v) is 14.1. The van der Waals surface area contributed by atoms with E-state index >= 15 is 0 Å². The minimum absolute atomic E-state index is 0.0795. The smallest absolute Gasteiger partial charge is 0.244 e. The number of carbonyl (C=O) groups is 2. The van der Waals surface area contributed by atoms with Crippen LogP contribution in [0, 0.1) is 0 Å². The number of sulfonamides is 1. The first-order chi connectivity index (χ1) is 16.4. The minimum atomic E-state index is -3.89. The van der Waals surface area contributed by atoms with Crippen molar-refractivity contribution in [3.63, 3.8) is 0 Å². The molecule has 11 heteroatoms. The van der Waals surface area contributed by atoms with Gasteiger partial charge in [0.25, 0.3) is 0 Å². The van der Waals surface area contributed by atoms with E-state index in [-0.39, 0.29) is 29.2 Å². The summed E-state index contributed by atoms with van der Waals surface area (Å²) in [5.74, 6) is -0.945. The summed E-state index contributed by atoms with van der Waals surface area (Å²) in [5, 5.41) is 3.74. The molecule has 0 aliphatic carbocycles. The summed E-state index contributed by atoms with van der Waals surface area (Å²) in [5.41, 5.74) is 0.625. The fraction of sp³-hybridized carbons (Fsp3) is 0.417. The van der Waals surface area contributed by atoms with Gasteiger partial charge in [0.1, 0.15) is 12.6 Å². The van der Waals surface area contributed by atoms with Gasteiger partial charge >= 0.3 is 0 Å². The topological polar surface area (TPSA) is 86.8 Å². The zero-order valence-corrected chi connectivity index (χ0v) is 23.2. The lowest BCUT2D eigenvalue weighted by molar-refractivity contribution is -0.140. The van der Waals surface area contributed by atoms with Crippen LogP contribution in [-0.2, 0) is 26.2 Å². The molecule has 0 bridgehead atoms. The van der Waals surface area contributed by atoms with E-state index in [1.807, 2.05) is 13.8 Å². The van der Waals surface area contributed by atoms with Crippen molar-refractivity contribution >= 4 is 62.3 Å². The van der Waals surface area contributed by atoms with Gasteiger partial charge in [-0.15, -0.1) is 0 Å². The number of carbonyl (C=O) groups excluding carboxylic acids is 2. The molecule has 2 aromatic rings. The zero-order valence-electron chi connectivity index (χ0n) is 20.1. The third kappa shape index (κ3) is 7.74. The third-order valence-corrected chi connectivity index (χ3v) is 7.73. The summed E-state index contributed by atoms with van der Waals surface area (Å²) in [6.07, 6.45) is 1.99. The number of halogens is 3. The number of amides is 2. The Morgan fingerprint density at radius 2 is 1.51 bits per heavy atom. The molecule has 1 N–H and O–H groups in total. The number of nitrogens with one attached hydrogen (secondary N) is 1. The van der Waals surface area contributed by atoms with Crippen LogP contribution in [0.3, 0.4) is 0 Å². The van der Waals surface area contributed by atoms with Crippen LogP contribution >= 0.6 is 34.8 Å². The molecule has 2 amide bonds. The van der Waals surface area contributed by atoms with E-state index in [0.29, 0.717) is 28.5 Å². The maximum atomic E-state index is 13.7. The Morgan fingerprint density at radius 3 is 2.03 bits per heavy atom. The summed E-state index contributed by atoms with van der Waals surface area (Å²) in [6, 6.07) is 10.3. The second kappa shape index (κ2) is 12.8. The van der Waals surface area contributed by atoms with E-state index in [0.717, 1.165) is 10.6 Å². The van der Waals surface area contributed by atoms with Crippen molar-refractivity contribution in [1.82, 2.24) is 10.2 Å². The molecule has 0 aliphatic heterocycles. The molecule has 0 radical (unpaired) electrons. The number of anilines is 1. The number of hydrogen-bond acceptors (Lipinski definition) is 4. The Morgan fingerprint density at radius 1 is 0.943 bits per heavy atom. The summed E-state index contributed by atoms with van der Waals surface area (Å²) >= 11 is 19.0. The third-order valence-electron chi connectivity index (χ3n) is 5.58. The molecular weight excluding hydrogens is 533 g/mol.